The molecule has 0 aliphatic heterocycles. The van der Waals surface area contributed by atoms with Crippen LogP contribution in [0.3, 0.4) is 0 Å². The highest BCUT2D eigenvalue weighted by Crippen LogP contribution is 2.34. The summed E-state index contributed by atoms with van der Waals surface area (Å²) < 4.78 is 27.2. The molecular weight excluding hydrogens is 282 g/mol. The molecule has 5 heteroatoms. The Hall–Kier alpha value is -1.91. The molecule has 0 saturated carbocycles. The SMILES string of the molecule is Cl.NCc1[nH]c2cc(F)ccc2c1-c1ccccc1F. The van der Waals surface area contributed by atoms with Gasteiger partial charge in [0.15, 0.2) is 0 Å². The largest absolute Gasteiger partial charge is 0.357 e. The highest BCUT2D eigenvalue weighted by Gasteiger charge is 2.15. The van der Waals surface area contributed by atoms with Gasteiger partial charge in [0.05, 0.1) is 0 Å². The van der Waals surface area contributed by atoms with Gasteiger partial charge in [-0.1, -0.05) is 18.2 Å². The summed E-state index contributed by atoms with van der Waals surface area (Å²) >= 11 is 0. The number of hydrogen-bond acceptors (Lipinski definition) is 1. The Labute approximate surface area is 121 Å². The number of hydrogen-bond donors (Lipinski definition) is 2. The average molecular weight is 295 g/mol. The quantitative estimate of drug-likeness (QED) is 0.737. The summed E-state index contributed by atoms with van der Waals surface area (Å²) in [6.45, 7) is 0.236. The van der Waals surface area contributed by atoms with Crippen molar-refractivity contribution in [1.29, 1.82) is 0 Å². The monoisotopic (exact) mass is 294 g/mol. The Morgan fingerprint density at radius 3 is 2.50 bits per heavy atom. The molecule has 0 spiro atoms. The first kappa shape index (κ1) is 14.5. The number of aromatic amines is 1. The zero-order valence-corrected chi connectivity index (χ0v) is 11.3. The summed E-state index contributed by atoms with van der Waals surface area (Å²) in [6.07, 6.45) is 0. The molecule has 0 fully saturated rings. The summed E-state index contributed by atoms with van der Waals surface area (Å²) in [5.41, 5.74) is 8.19. The fraction of sp³-hybridized carbons (Fsp3) is 0.0667. The van der Waals surface area contributed by atoms with Crippen molar-refractivity contribution in [3.05, 3.63) is 59.8 Å². The smallest absolute Gasteiger partial charge is 0.131 e. The molecule has 0 aliphatic carbocycles. The van der Waals surface area contributed by atoms with Gasteiger partial charge in [-0.2, -0.15) is 0 Å². The van der Waals surface area contributed by atoms with Crippen LogP contribution >= 0.6 is 12.4 Å². The van der Waals surface area contributed by atoms with Crippen molar-refractivity contribution >= 4 is 23.3 Å². The van der Waals surface area contributed by atoms with Crippen LogP contribution in [0.2, 0.25) is 0 Å². The third-order valence-electron chi connectivity index (χ3n) is 3.19. The molecule has 1 heterocycles. The second kappa shape index (κ2) is 5.61. The van der Waals surface area contributed by atoms with Crippen molar-refractivity contribution in [2.45, 2.75) is 6.54 Å². The van der Waals surface area contributed by atoms with E-state index >= 15 is 0 Å². The topological polar surface area (TPSA) is 41.8 Å². The molecule has 0 atom stereocenters. The Morgan fingerprint density at radius 2 is 1.80 bits per heavy atom. The zero-order valence-electron chi connectivity index (χ0n) is 10.5. The molecule has 0 saturated heterocycles. The second-order valence-corrected chi connectivity index (χ2v) is 4.35. The van der Waals surface area contributed by atoms with Crippen molar-refractivity contribution in [2.75, 3.05) is 0 Å². The average Bonchev–Trinajstić information content (AvgIpc) is 2.76. The maximum absolute atomic E-state index is 13.9. The number of aromatic nitrogens is 1. The van der Waals surface area contributed by atoms with Crippen LogP contribution in [0.4, 0.5) is 8.78 Å². The van der Waals surface area contributed by atoms with Gasteiger partial charge >= 0.3 is 0 Å². The highest BCUT2D eigenvalue weighted by atomic mass is 35.5. The standard InChI is InChI=1S/C15H12F2N2.ClH/c16-9-5-6-11-13(7-9)19-14(8-18)15(11)10-3-1-2-4-12(10)17;/h1-7,19H,8,18H2;1H. The number of H-pyrrole nitrogens is 1. The maximum atomic E-state index is 13.9. The summed E-state index contributed by atoms with van der Waals surface area (Å²) in [6, 6.07) is 10.9. The first-order valence-corrected chi connectivity index (χ1v) is 5.96. The Balaban J connectivity index is 0.00000147. The number of fused-ring (bicyclic) bond motifs is 1. The van der Waals surface area contributed by atoms with E-state index in [2.05, 4.69) is 4.98 Å². The van der Waals surface area contributed by atoms with Crippen LogP contribution < -0.4 is 5.73 Å². The summed E-state index contributed by atoms with van der Waals surface area (Å²) in [5.74, 6) is -0.653. The molecule has 2 aromatic carbocycles. The van der Waals surface area contributed by atoms with E-state index in [0.717, 1.165) is 5.39 Å². The number of halogens is 3. The van der Waals surface area contributed by atoms with E-state index in [1.54, 1.807) is 24.3 Å². The predicted octanol–water partition coefficient (Wildman–Crippen LogP) is 3.99. The van der Waals surface area contributed by atoms with Crippen LogP contribution in [-0.2, 0) is 6.54 Å². The third kappa shape index (κ3) is 2.28. The van der Waals surface area contributed by atoms with Crippen LogP contribution in [0, 0.1) is 11.6 Å². The fourth-order valence-corrected chi connectivity index (χ4v) is 2.35. The normalized spacial score (nSPS) is 10.6. The third-order valence-corrected chi connectivity index (χ3v) is 3.19. The lowest BCUT2D eigenvalue weighted by Crippen LogP contribution is -1.99. The van der Waals surface area contributed by atoms with Crippen molar-refractivity contribution in [2.24, 2.45) is 5.73 Å². The van der Waals surface area contributed by atoms with Crippen LogP contribution in [0.1, 0.15) is 5.69 Å². The van der Waals surface area contributed by atoms with E-state index in [9.17, 15) is 8.78 Å². The van der Waals surface area contributed by atoms with Gasteiger partial charge in [0.1, 0.15) is 11.6 Å². The van der Waals surface area contributed by atoms with Crippen molar-refractivity contribution in [3.63, 3.8) is 0 Å². The minimum atomic E-state index is -0.336. The van der Waals surface area contributed by atoms with E-state index in [1.165, 1.54) is 18.2 Å². The molecule has 0 aliphatic rings. The lowest BCUT2D eigenvalue weighted by Gasteiger charge is -2.04. The van der Waals surface area contributed by atoms with Gasteiger partial charge in [-0.25, -0.2) is 8.78 Å². The van der Waals surface area contributed by atoms with Crippen LogP contribution in [0.5, 0.6) is 0 Å². The van der Waals surface area contributed by atoms with Crippen molar-refractivity contribution in [3.8, 4) is 11.1 Å². The van der Waals surface area contributed by atoms with Crippen LogP contribution in [0.15, 0.2) is 42.5 Å². The van der Waals surface area contributed by atoms with E-state index in [0.29, 0.717) is 22.3 Å². The minimum absolute atomic E-state index is 0. The molecule has 0 bridgehead atoms. The van der Waals surface area contributed by atoms with E-state index in [4.69, 9.17) is 5.73 Å². The number of benzene rings is 2. The van der Waals surface area contributed by atoms with Gasteiger partial charge in [0.25, 0.3) is 0 Å². The number of rotatable bonds is 2. The highest BCUT2D eigenvalue weighted by molar-refractivity contribution is 5.97. The van der Waals surface area contributed by atoms with E-state index in [-0.39, 0.29) is 30.6 Å². The van der Waals surface area contributed by atoms with Crippen molar-refractivity contribution < 1.29 is 8.78 Å². The number of nitrogens with one attached hydrogen (secondary N) is 1. The lowest BCUT2D eigenvalue weighted by atomic mass is 10.0. The summed E-state index contributed by atoms with van der Waals surface area (Å²) in [4.78, 5) is 3.05. The molecule has 0 unspecified atom stereocenters. The molecule has 1 aromatic heterocycles. The fourth-order valence-electron chi connectivity index (χ4n) is 2.35. The van der Waals surface area contributed by atoms with Gasteiger partial charge in [0.2, 0.25) is 0 Å². The Bertz CT molecular complexity index is 753. The maximum Gasteiger partial charge on any atom is 0.131 e. The molecule has 3 N–H and O–H groups in total. The van der Waals surface area contributed by atoms with Crippen LogP contribution in [0.25, 0.3) is 22.0 Å². The molecule has 104 valence electrons. The van der Waals surface area contributed by atoms with Gasteiger partial charge in [-0.15, -0.1) is 12.4 Å². The minimum Gasteiger partial charge on any atom is -0.357 e. The molecule has 20 heavy (non-hydrogen) atoms. The first-order valence-electron chi connectivity index (χ1n) is 5.96. The second-order valence-electron chi connectivity index (χ2n) is 4.35. The first-order chi connectivity index (χ1) is 9.20. The van der Waals surface area contributed by atoms with Gasteiger partial charge in [-0.05, 0) is 24.3 Å². The Kier molecular flexibility index (Phi) is 4.06. The lowest BCUT2D eigenvalue weighted by molar-refractivity contribution is 0.629. The summed E-state index contributed by atoms with van der Waals surface area (Å²) in [5, 5.41) is 0.770. The number of nitrogens with two attached hydrogens (primary N) is 1. The van der Waals surface area contributed by atoms with Gasteiger partial charge in [0, 0.05) is 34.3 Å². The molecular formula is C15H13ClF2N2. The van der Waals surface area contributed by atoms with Gasteiger partial charge in [-0.3, -0.25) is 0 Å². The predicted molar refractivity (Wildman–Crippen MR) is 78.8 cm³/mol. The van der Waals surface area contributed by atoms with E-state index in [1.807, 2.05) is 0 Å². The van der Waals surface area contributed by atoms with E-state index < -0.39 is 0 Å². The van der Waals surface area contributed by atoms with Crippen LogP contribution in [-0.4, -0.2) is 4.98 Å². The molecule has 0 radical (unpaired) electrons. The summed E-state index contributed by atoms with van der Waals surface area (Å²) in [7, 11) is 0. The van der Waals surface area contributed by atoms with Crippen molar-refractivity contribution in [1.82, 2.24) is 4.98 Å². The molecule has 2 nitrogen and oxygen atoms in total. The van der Waals surface area contributed by atoms with Gasteiger partial charge < -0.3 is 10.7 Å². The zero-order chi connectivity index (χ0) is 13.4. The molecule has 3 rings (SSSR count). The molecule has 0 amide bonds. The molecule has 3 aromatic rings. The Morgan fingerprint density at radius 1 is 1.05 bits per heavy atom.